The fourth-order valence-corrected chi connectivity index (χ4v) is 10.5. The largest absolute Gasteiger partial charge is 0.465 e. The van der Waals surface area contributed by atoms with Crippen molar-refractivity contribution in [1.29, 1.82) is 0 Å². The first kappa shape index (κ1) is 39.9. The fraction of sp³-hybridized carbons (Fsp3) is 0.853. The highest BCUT2D eigenvalue weighted by molar-refractivity contribution is 7.87. The molecular weight excluding hydrogens is 686 g/mol. The van der Waals surface area contributed by atoms with E-state index in [2.05, 4.69) is 18.6 Å². The Morgan fingerprint density at radius 2 is 1.48 bits per heavy atom. The molecule has 4 aliphatic rings. The maximum Gasteiger partial charge on any atom is 0.465 e. The van der Waals surface area contributed by atoms with Crippen LogP contribution in [0.4, 0.5) is 8.78 Å². The van der Waals surface area contributed by atoms with Crippen molar-refractivity contribution in [3.8, 4) is 0 Å². The Balaban J connectivity index is 1.47. The molecule has 11 atom stereocenters. The topological polar surface area (TPSA) is 186 Å². The van der Waals surface area contributed by atoms with Gasteiger partial charge in [0.05, 0.1) is 0 Å². The van der Waals surface area contributed by atoms with Crippen LogP contribution in [-0.2, 0) is 57.8 Å². The Morgan fingerprint density at radius 3 is 2.08 bits per heavy atom. The van der Waals surface area contributed by atoms with Gasteiger partial charge in [0.15, 0.2) is 0 Å². The molecule has 0 saturated heterocycles. The van der Waals surface area contributed by atoms with Crippen LogP contribution in [0.3, 0.4) is 0 Å². The third-order valence-corrected chi connectivity index (χ3v) is 13.2. The average molecular weight is 737 g/mol. The molecule has 50 heavy (non-hydrogen) atoms. The van der Waals surface area contributed by atoms with Crippen molar-refractivity contribution in [2.75, 3.05) is 13.2 Å². The van der Waals surface area contributed by atoms with Crippen LogP contribution >= 0.6 is 0 Å². The van der Waals surface area contributed by atoms with Gasteiger partial charge in [0.2, 0.25) is 0 Å². The molecule has 16 heteroatoms. The summed E-state index contributed by atoms with van der Waals surface area (Å²) in [6, 6.07) is 0. The van der Waals surface area contributed by atoms with Gasteiger partial charge < -0.3 is 23.7 Å². The number of esters is 5. The van der Waals surface area contributed by atoms with Gasteiger partial charge >= 0.3 is 45.2 Å². The number of halogens is 2. The Kier molecular flexibility index (Phi) is 12.0. The lowest BCUT2D eigenvalue weighted by molar-refractivity contribution is -0.224. The van der Waals surface area contributed by atoms with Gasteiger partial charge in [-0.1, -0.05) is 20.8 Å². The van der Waals surface area contributed by atoms with E-state index in [0.717, 1.165) is 25.7 Å². The van der Waals surface area contributed by atoms with Crippen molar-refractivity contribution < 1.29 is 69.4 Å². The molecule has 3 unspecified atom stereocenters. The lowest BCUT2D eigenvalue weighted by Gasteiger charge is -2.64. The number of hydrogen-bond donors (Lipinski definition) is 1. The third kappa shape index (κ3) is 7.95. The van der Waals surface area contributed by atoms with Crippen LogP contribution in [0.25, 0.3) is 0 Å². The van der Waals surface area contributed by atoms with E-state index in [1.807, 2.05) is 6.92 Å². The number of alkyl halides is 2. The van der Waals surface area contributed by atoms with Crippen molar-refractivity contribution in [2.24, 2.45) is 46.3 Å². The second kappa shape index (κ2) is 15.0. The maximum atomic E-state index is 13.3. The Labute approximate surface area is 291 Å². The van der Waals surface area contributed by atoms with Crippen LogP contribution in [0.2, 0.25) is 0 Å². The van der Waals surface area contributed by atoms with Crippen LogP contribution in [0, 0.1) is 46.3 Å². The van der Waals surface area contributed by atoms with E-state index in [-0.39, 0.29) is 71.5 Å². The zero-order valence-corrected chi connectivity index (χ0v) is 30.3. The van der Waals surface area contributed by atoms with Crippen LogP contribution < -0.4 is 0 Å². The lowest BCUT2D eigenvalue weighted by Crippen LogP contribution is -2.63. The number of rotatable bonds is 12. The summed E-state index contributed by atoms with van der Waals surface area (Å²) in [5.74, 6) is -3.98. The molecular formula is C34H50F2O13S. The van der Waals surface area contributed by atoms with Gasteiger partial charge in [0, 0.05) is 38.5 Å². The predicted octanol–water partition coefficient (Wildman–Crippen LogP) is 4.64. The van der Waals surface area contributed by atoms with Crippen molar-refractivity contribution in [1.82, 2.24) is 0 Å². The molecule has 13 nitrogen and oxygen atoms in total. The molecule has 0 aromatic carbocycles. The molecule has 0 aromatic rings. The molecule has 4 fully saturated rings. The monoisotopic (exact) mass is 736 g/mol. The predicted molar refractivity (Wildman–Crippen MR) is 169 cm³/mol. The molecule has 0 spiro atoms. The van der Waals surface area contributed by atoms with Crippen LogP contribution in [-0.4, -0.2) is 79.6 Å². The standard InChI is InChI=1S/C34H50F2O13S/c1-18(7-10-29(40)45-13-14-46-31(41)34(35,36)50(42,43)44)24-8-9-25-30-26(17-28(33(24,25)6)49-21(4)39)32(5)12-11-23(47-19(2)37)15-22(32)16-27(30)48-20(3)38/h18,22-28,30H,7-17H2,1-6H3,(H,42,43,44)/t18-,22+,23?,24-,25+,26+,27?,28?,30+,32+,33-/m1/s1. The Hall–Kier alpha value is -2.88. The highest BCUT2D eigenvalue weighted by Crippen LogP contribution is 2.69. The van der Waals surface area contributed by atoms with Gasteiger partial charge in [-0.05, 0) is 86.4 Å². The molecule has 0 aliphatic heterocycles. The molecule has 4 aliphatic carbocycles. The van der Waals surface area contributed by atoms with Crippen LogP contribution in [0.1, 0.15) is 99.3 Å². The summed E-state index contributed by atoms with van der Waals surface area (Å²) in [5.41, 5.74) is -0.652. The summed E-state index contributed by atoms with van der Waals surface area (Å²) < 4.78 is 83.5. The Bertz CT molecular complexity index is 1440. The van der Waals surface area contributed by atoms with Crippen molar-refractivity contribution in [3.63, 3.8) is 0 Å². The zero-order chi connectivity index (χ0) is 37.4. The quantitative estimate of drug-likeness (QED) is 0.127. The molecule has 0 bridgehead atoms. The molecule has 4 rings (SSSR count). The van der Waals surface area contributed by atoms with Gasteiger partial charge in [0.25, 0.3) is 0 Å². The summed E-state index contributed by atoms with van der Waals surface area (Å²) >= 11 is 0. The highest BCUT2D eigenvalue weighted by Gasteiger charge is 2.67. The van der Waals surface area contributed by atoms with Crippen molar-refractivity contribution in [3.05, 3.63) is 0 Å². The minimum atomic E-state index is -6.02. The molecule has 1 N–H and O–H groups in total. The zero-order valence-electron chi connectivity index (χ0n) is 29.5. The second-order valence-electron chi connectivity index (χ2n) is 15.1. The molecule has 4 saturated carbocycles. The van der Waals surface area contributed by atoms with Gasteiger partial charge in [0.1, 0.15) is 31.5 Å². The summed E-state index contributed by atoms with van der Waals surface area (Å²) in [6.45, 7) is 9.20. The van der Waals surface area contributed by atoms with Crippen LogP contribution in [0.15, 0.2) is 0 Å². The summed E-state index contributed by atoms with van der Waals surface area (Å²) in [4.78, 5) is 60.7. The number of ether oxygens (including phenoxy) is 5. The van der Waals surface area contributed by atoms with Gasteiger partial charge in [-0.15, -0.1) is 0 Å². The van der Waals surface area contributed by atoms with Gasteiger partial charge in [-0.2, -0.15) is 17.2 Å². The molecule has 284 valence electrons. The first-order valence-electron chi connectivity index (χ1n) is 17.3. The smallest absolute Gasteiger partial charge is 0.463 e. The van der Waals surface area contributed by atoms with Gasteiger partial charge in [-0.25, -0.2) is 4.79 Å². The second-order valence-corrected chi connectivity index (χ2v) is 16.6. The first-order chi connectivity index (χ1) is 23.1. The number of hydrogen-bond acceptors (Lipinski definition) is 12. The van der Waals surface area contributed by atoms with E-state index in [9.17, 15) is 41.2 Å². The molecule has 0 heterocycles. The summed E-state index contributed by atoms with van der Waals surface area (Å²) in [7, 11) is -6.02. The van der Waals surface area contributed by atoms with Gasteiger partial charge in [-0.3, -0.25) is 23.7 Å². The number of carbonyl (C=O) groups is 5. The summed E-state index contributed by atoms with van der Waals surface area (Å²) in [6.07, 6.45) is 4.41. The van der Waals surface area contributed by atoms with E-state index in [1.54, 1.807) is 0 Å². The normalized spacial score (nSPS) is 35.7. The van der Waals surface area contributed by atoms with E-state index in [0.29, 0.717) is 25.7 Å². The van der Waals surface area contributed by atoms with Crippen molar-refractivity contribution in [2.45, 2.75) is 123 Å². The lowest BCUT2D eigenvalue weighted by atomic mass is 9.43. The third-order valence-electron chi connectivity index (χ3n) is 12.3. The summed E-state index contributed by atoms with van der Waals surface area (Å²) in [5, 5.41) is -5.15. The molecule has 0 aromatic heterocycles. The minimum absolute atomic E-state index is 0.0142. The molecule has 0 amide bonds. The minimum Gasteiger partial charge on any atom is -0.463 e. The van der Waals surface area contributed by atoms with E-state index in [4.69, 9.17) is 23.5 Å². The van der Waals surface area contributed by atoms with E-state index < -0.39 is 58.0 Å². The van der Waals surface area contributed by atoms with E-state index in [1.165, 1.54) is 20.8 Å². The molecule has 0 radical (unpaired) electrons. The maximum absolute atomic E-state index is 13.3. The van der Waals surface area contributed by atoms with Crippen LogP contribution in [0.5, 0.6) is 0 Å². The number of fused-ring (bicyclic) bond motifs is 5. The first-order valence-corrected chi connectivity index (χ1v) is 18.8. The number of carbonyl (C=O) groups excluding carboxylic acids is 5. The van der Waals surface area contributed by atoms with E-state index >= 15 is 0 Å². The van der Waals surface area contributed by atoms with Crippen molar-refractivity contribution >= 4 is 40.0 Å². The fourth-order valence-electron chi connectivity index (χ4n) is 10.2. The Morgan fingerprint density at radius 1 is 0.860 bits per heavy atom. The average Bonchev–Trinajstić information content (AvgIpc) is 3.35. The SMILES string of the molecule is CC(=O)OC1CC[C@@]2(C)[C@@H](C1)CC(OC(C)=O)[C@@H]1[C@@H]2CC(OC(C)=O)[C@]2(C)[C@@H]([C@H](C)CCC(=O)OCCOC(=O)C(F)(F)S(=O)(=O)O)CC[C@@H]12. The highest BCUT2D eigenvalue weighted by atomic mass is 32.2.